The molecule has 126 valence electrons. The zero-order valence-corrected chi connectivity index (χ0v) is 14.1. The maximum Gasteiger partial charge on any atom is 0.271 e. The van der Waals surface area contributed by atoms with E-state index >= 15 is 0 Å². The van der Waals surface area contributed by atoms with Gasteiger partial charge in [-0.1, -0.05) is 29.8 Å². The van der Waals surface area contributed by atoms with Gasteiger partial charge >= 0.3 is 0 Å². The number of amides is 3. The highest BCUT2D eigenvalue weighted by molar-refractivity contribution is 6.31. The summed E-state index contributed by atoms with van der Waals surface area (Å²) in [7, 11) is 0. The van der Waals surface area contributed by atoms with E-state index in [0.717, 1.165) is 4.90 Å². The van der Waals surface area contributed by atoms with Gasteiger partial charge in [-0.3, -0.25) is 19.3 Å². The van der Waals surface area contributed by atoms with Crippen LogP contribution in [0.4, 0.5) is 0 Å². The molecule has 0 fully saturated rings. The van der Waals surface area contributed by atoms with Gasteiger partial charge < -0.3 is 0 Å². The lowest BCUT2D eigenvalue weighted by atomic mass is 10.1. The van der Waals surface area contributed by atoms with Crippen LogP contribution in [0.15, 0.2) is 53.6 Å². The molecule has 2 aromatic carbocycles. The second-order valence-corrected chi connectivity index (χ2v) is 5.98. The summed E-state index contributed by atoms with van der Waals surface area (Å²) < 4.78 is 0. The fourth-order valence-corrected chi connectivity index (χ4v) is 2.68. The van der Waals surface area contributed by atoms with E-state index in [2.05, 4.69) is 10.5 Å². The topological polar surface area (TPSA) is 78.8 Å². The van der Waals surface area contributed by atoms with E-state index in [1.54, 1.807) is 49.4 Å². The first kappa shape index (κ1) is 16.9. The summed E-state index contributed by atoms with van der Waals surface area (Å²) in [5.74, 6) is -1.16. The van der Waals surface area contributed by atoms with Gasteiger partial charge in [-0.05, 0) is 37.3 Å². The van der Waals surface area contributed by atoms with Crippen LogP contribution in [0.25, 0.3) is 0 Å². The Balaban J connectivity index is 1.68. The Kier molecular flexibility index (Phi) is 4.63. The monoisotopic (exact) mass is 355 g/mol. The van der Waals surface area contributed by atoms with Gasteiger partial charge in [-0.15, -0.1) is 0 Å². The van der Waals surface area contributed by atoms with E-state index in [1.807, 2.05) is 0 Å². The van der Waals surface area contributed by atoms with Gasteiger partial charge in [0.15, 0.2) is 0 Å². The summed E-state index contributed by atoms with van der Waals surface area (Å²) in [6, 6.07) is 13.1. The van der Waals surface area contributed by atoms with Gasteiger partial charge in [0.2, 0.25) is 0 Å². The number of nitrogens with zero attached hydrogens (tertiary/aromatic N) is 2. The second kappa shape index (κ2) is 6.86. The van der Waals surface area contributed by atoms with E-state index in [-0.39, 0.29) is 18.4 Å². The van der Waals surface area contributed by atoms with Crippen LogP contribution in [0.2, 0.25) is 5.02 Å². The molecular formula is C18H14ClN3O3. The van der Waals surface area contributed by atoms with Crippen LogP contribution in [-0.4, -0.2) is 34.9 Å². The van der Waals surface area contributed by atoms with Gasteiger partial charge in [0.1, 0.15) is 0 Å². The summed E-state index contributed by atoms with van der Waals surface area (Å²) in [6.45, 7) is 1.63. The predicted molar refractivity (Wildman–Crippen MR) is 93.8 cm³/mol. The maximum atomic E-state index is 12.3. The Bertz CT molecular complexity index is 873. The molecule has 3 rings (SSSR count). The molecule has 0 spiro atoms. The Morgan fingerprint density at radius 2 is 1.72 bits per heavy atom. The Morgan fingerprint density at radius 3 is 2.32 bits per heavy atom. The molecule has 0 atom stereocenters. The Labute approximate surface area is 149 Å². The number of hydrogen-bond donors (Lipinski definition) is 1. The van der Waals surface area contributed by atoms with E-state index in [1.165, 1.54) is 6.07 Å². The molecule has 7 heteroatoms. The van der Waals surface area contributed by atoms with Crippen molar-refractivity contribution in [2.45, 2.75) is 6.92 Å². The summed E-state index contributed by atoms with van der Waals surface area (Å²) in [5, 5.41) is 4.40. The minimum Gasteiger partial charge on any atom is -0.269 e. The third-order valence-corrected chi connectivity index (χ3v) is 3.94. The quantitative estimate of drug-likeness (QED) is 0.520. The summed E-state index contributed by atoms with van der Waals surface area (Å²) in [4.78, 5) is 37.7. The first-order chi connectivity index (χ1) is 12.0. The molecule has 6 nitrogen and oxygen atoms in total. The van der Waals surface area contributed by atoms with Crippen LogP contribution in [0.1, 0.15) is 38.0 Å². The SMILES string of the molecule is C/C(CN1C(=O)c2ccccc2C1=O)=N/NC(=O)c1cccc(Cl)c1. The third kappa shape index (κ3) is 3.44. The largest absolute Gasteiger partial charge is 0.271 e. The van der Waals surface area contributed by atoms with Crippen LogP contribution in [0, 0.1) is 0 Å². The first-order valence-corrected chi connectivity index (χ1v) is 7.89. The highest BCUT2D eigenvalue weighted by atomic mass is 35.5. The van der Waals surface area contributed by atoms with Crippen molar-refractivity contribution in [1.82, 2.24) is 10.3 Å². The average molecular weight is 356 g/mol. The van der Waals surface area contributed by atoms with Crippen molar-refractivity contribution < 1.29 is 14.4 Å². The molecule has 0 radical (unpaired) electrons. The molecule has 1 N–H and O–H groups in total. The normalized spacial score (nSPS) is 13.8. The highest BCUT2D eigenvalue weighted by Gasteiger charge is 2.35. The molecule has 0 saturated heterocycles. The number of nitrogens with one attached hydrogen (secondary N) is 1. The molecule has 1 aliphatic rings. The second-order valence-electron chi connectivity index (χ2n) is 5.54. The number of halogens is 1. The van der Waals surface area contributed by atoms with Crippen molar-refractivity contribution >= 4 is 35.0 Å². The lowest BCUT2D eigenvalue weighted by molar-refractivity contribution is 0.0677. The third-order valence-electron chi connectivity index (χ3n) is 3.70. The van der Waals surface area contributed by atoms with E-state index in [4.69, 9.17) is 11.6 Å². The van der Waals surface area contributed by atoms with Crippen LogP contribution >= 0.6 is 11.6 Å². The molecule has 0 aliphatic carbocycles. The molecule has 0 aromatic heterocycles. The number of hydrazone groups is 1. The Hall–Kier alpha value is -2.99. The number of rotatable bonds is 4. The van der Waals surface area contributed by atoms with Crippen molar-refractivity contribution in [2.75, 3.05) is 6.54 Å². The number of carbonyl (C=O) groups is 3. The lowest BCUT2D eigenvalue weighted by Crippen LogP contribution is -2.35. The smallest absolute Gasteiger partial charge is 0.269 e. The van der Waals surface area contributed by atoms with Crippen LogP contribution < -0.4 is 5.43 Å². The average Bonchev–Trinajstić information content (AvgIpc) is 2.85. The summed E-state index contributed by atoms with van der Waals surface area (Å²) in [5.41, 5.74) is 3.93. The fraction of sp³-hybridized carbons (Fsp3) is 0.111. The van der Waals surface area contributed by atoms with Gasteiger partial charge in [-0.2, -0.15) is 5.10 Å². The van der Waals surface area contributed by atoms with Crippen molar-refractivity contribution in [3.63, 3.8) is 0 Å². The number of imide groups is 1. The van der Waals surface area contributed by atoms with Gasteiger partial charge in [0, 0.05) is 10.6 Å². The first-order valence-electron chi connectivity index (χ1n) is 7.51. The van der Waals surface area contributed by atoms with Gasteiger partial charge in [-0.25, -0.2) is 5.43 Å². The zero-order chi connectivity index (χ0) is 18.0. The van der Waals surface area contributed by atoms with E-state index in [9.17, 15) is 14.4 Å². The van der Waals surface area contributed by atoms with Crippen LogP contribution in [0.5, 0.6) is 0 Å². The molecular weight excluding hydrogens is 342 g/mol. The number of hydrogen-bond acceptors (Lipinski definition) is 4. The fourth-order valence-electron chi connectivity index (χ4n) is 2.49. The Morgan fingerprint density at radius 1 is 1.08 bits per heavy atom. The molecule has 1 heterocycles. The van der Waals surface area contributed by atoms with Crippen molar-refractivity contribution in [2.24, 2.45) is 5.10 Å². The van der Waals surface area contributed by atoms with Crippen LogP contribution in [-0.2, 0) is 0 Å². The molecule has 0 unspecified atom stereocenters. The van der Waals surface area contributed by atoms with Crippen molar-refractivity contribution in [3.05, 3.63) is 70.2 Å². The van der Waals surface area contributed by atoms with E-state index < -0.39 is 5.91 Å². The molecule has 3 amide bonds. The zero-order valence-electron chi connectivity index (χ0n) is 13.3. The lowest BCUT2D eigenvalue weighted by Gasteiger charge is -2.13. The minimum atomic E-state index is -0.427. The number of benzene rings is 2. The standard InChI is InChI=1S/C18H14ClN3O3/c1-11(20-21-16(23)12-5-4-6-13(19)9-12)10-22-17(24)14-7-2-3-8-15(14)18(22)25/h2-9H,10H2,1H3,(H,21,23)/b20-11-. The molecule has 25 heavy (non-hydrogen) atoms. The summed E-state index contributed by atoms with van der Waals surface area (Å²) >= 11 is 5.84. The number of carbonyl (C=O) groups excluding carboxylic acids is 3. The molecule has 0 bridgehead atoms. The van der Waals surface area contributed by atoms with Gasteiger partial charge in [0.25, 0.3) is 17.7 Å². The number of fused-ring (bicyclic) bond motifs is 1. The van der Waals surface area contributed by atoms with Gasteiger partial charge in [0.05, 0.1) is 23.4 Å². The van der Waals surface area contributed by atoms with Crippen molar-refractivity contribution in [3.8, 4) is 0 Å². The molecule has 1 aliphatic heterocycles. The van der Waals surface area contributed by atoms with Crippen LogP contribution in [0.3, 0.4) is 0 Å². The highest BCUT2D eigenvalue weighted by Crippen LogP contribution is 2.22. The molecule has 2 aromatic rings. The minimum absolute atomic E-state index is 0.00216. The summed E-state index contributed by atoms with van der Waals surface area (Å²) in [6.07, 6.45) is 0. The van der Waals surface area contributed by atoms with E-state index in [0.29, 0.717) is 27.4 Å². The maximum absolute atomic E-state index is 12.3. The predicted octanol–water partition coefficient (Wildman–Crippen LogP) is 2.74. The van der Waals surface area contributed by atoms with Crippen molar-refractivity contribution in [1.29, 1.82) is 0 Å². The molecule has 0 saturated carbocycles.